The van der Waals surface area contributed by atoms with Crippen LogP contribution >= 0.6 is 0 Å². The summed E-state index contributed by atoms with van der Waals surface area (Å²) in [4.78, 5) is 0. The van der Waals surface area contributed by atoms with Crippen LogP contribution in [0.3, 0.4) is 0 Å². The van der Waals surface area contributed by atoms with Gasteiger partial charge in [-0.25, -0.2) is 21.0 Å². The molecule has 0 amide bonds. The Morgan fingerprint density at radius 1 is 0.812 bits per heavy atom. The standard InChI is InChI=1S/C13H17F9N2O5S3/c14-10(15,11(16,17)30(25)23-31(26,27)13(20,21)22)12(18,19)32(28,29)24-6-5-8-3-1-2-4-9(8)7-24/h8-9,23H,1-7H2. The van der Waals surface area contributed by atoms with Gasteiger partial charge in [-0.05, 0) is 24.7 Å². The second-order valence-electron chi connectivity index (χ2n) is 7.37. The number of halogens is 9. The van der Waals surface area contributed by atoms with E-state index in [2.05, 4.69) is 0 Å². The molecule has 2 rings (SSSR count). The average Bonchev–Trinajstić information content (AvgIpc) is 2.65. The van der Waals surface area contributed by atoms with Crippen LogP contribution in [0.5, 0.6) is 0 Å². The van der Waals surface area contributed by atoms with Gasteiger partial charge in [-0.2, -0.15) is 43.8 Å². The zero-order valence-electron chi connectivity index (χ0n) is 15.7. The number of fused-ring (bicyclic) bond motifs is 1. The molecule has 0 radical (unpaired) electrons. The fourth-order valence-corrected chi connectivity index (χ4v) is 7.12. The fourth-order valence-electron chi connectivity index (χ4n) is 3.60. The number of hydrogen-bond acceptors (Lipinski definition) is 5. The van der Waals surface area contributed by atoms with Crippen LogP contribution < -0.4 is 4.13 Å². The maximum absolute atomic E-state index is 14.3. The van der Waals surface area contributed by atoms with Crippen LogP contribution in [0.25, 0.3) is 0 Å². The molecule has 2 fully saturated rings. The van der Waals surface area contributed by atoms with Crippen LogP contribution in [0.1, 0.15) is 32.1 Å². The molecular formula is C13H17F9N2O5S3. The molecule has 1 saturated heterocycles. The summed E-state index contributed by atoms with van der Waals surface area (Å²) in [5, 5.41) is -13.4. The summed E-state index contributed by atoms with van der Waals surface area (Å²) in [6.45, 7) is -1.35. The van der Waals surface area contributed by atoms with Gasteiger partial charge in [0.2, 0.25) is 0 Å². The molecule has 1 aliphatic heterocycles. The SMILES string of the molecule is O=S(NS(=O)(=O)C(F)(F)F)C(F)(F)C(F)(F)C(F)(F)S(=O)(=O)N1CCC2CCCCC2C1. The topological polar surface area (TPSA) is 101 Å². The lowest BCUT2D eigenvalue weighted by atomic mass is 9.76. The van der Waals surface area contributed by atoms with Gasteiger partial charge in [0.1, 0.15) is 0 Å². The van der Waals surface area contributed by atoms with Gasteiger partial charge in [-0.3, -0.25) is 0 Å². The van der Waals surface area contributed by atoms with Gasteiger partial charge in [-0.1, -0.05) is 19.3 Å². The number of nitrogens with one attached hydrogen (secondary N) is 1. The van der Waals surface area contributed by atoms with Crippen LogP contribution in [0.15, 0.2) is 0 Å². The Morgan fingerprint density at radius 2 is 1.31 bits per heavy atom. The third-order valence-corrected chi connectivity index (χ3v) is 10.1. The molecule has 0 aromatic heterocycles. The smallest absolute Gasteiger partial charge is 0.235 e. The van der Waals surface area contributed by atoms with Gasteiger partial charge in [0.25, 0.3) is 10.0 Å². The van der Waals surface area contributed by atoms with Crippen molar-refractivity contribution >= 4 is 31.0 Å². The second kappa shape index (κ2) is 8.53. The van der Waals surface area contributed by atoms with Crippen molar-refractivity contribution in [3.63, 3.8) is 0 Å². The van der Waals surface area contributed by atoms with E-state index in [9.17, 15) is 60.6 Å². The molecule has 0 aromatic carbocycles. The van der Waals surface area contributed by atoms with E-state index in [4.69, 9.17) is 0 Å². The van der Waals surface area contributed by atoms with E-state index < -0.39 is 72.0 Å². The molecule has 1 N–H and O–H groups in total. The van der Waals surface area contributed by atoms with Gasteiger partial charge >= 0.3 is 32.0 Å². The molecule has 19 heteroatoms. The van der Waals surface area contributed by atoms with E-state index in [1.54, 1.807) is 0 Å². The summed E-state index contributed by atoms with van der Waals surface area (Å²) >= 11 is 0. The van der Waals surface area contributed by atoms with Crippen molar-refractivity contribution in [1.82, 2.24) is 8.43 Å². The van der Waals surface area contributed by atoms with Gasteiger partial charge in [0.15, 0.2) is 11.0 Å². The highest BCUT2D eigenvalue weighted by molar-refractivity contribution is 8.02. The summed E-state index contributed by atoms with van der Waals surface area (Å²) in [5.41, 5.74) is -6.40. The second-order valence-corrected chi connectivity index (χ2v) is 12.5. The first kappa shape index (κ1) is 27.6. The third-order valence-electron chi connectivity index (χ3n) is 5.37. The van der Waals surface area contributed by atoms with E-state index in [0.29, 0.717) is 19.3 Å². The zero-order valence-corrected chi connectivity index (χ0v) is 18.2. The number of rotatable bonds is 7. The molecule has 7 nitrogen and oxygen atoms in total. The first-order valence-electron chi connectivity index (χ1n) is 8.84. The van der Waals surface area contributed by atoms with Crippen LogP contribution in [0.4, 0.5) is 39.5 Å². The number of nitrogens with zero attached hydrogens (tertiary/aromatic N) is 1. The van der Waals surface area contributed by atoms with Gasteiger partial charge < -0.3 is 0 Å². The maximum Gasteiger partial charge on any atom is 0.512 e. The molecule has 190 valence electrons. The highest BCUT2D eigenvalue weighted by Crippen LogP contribution is 2.51. The summed E-state index contributed by atoms with van der Waals surface area (Å²) in [6, 6.07) is 0. The lowest BCUT2D eigenvalue weighted by Gasteiger charge is -2.42. The van der Waals surface area contributed by atoms with Crippen molar-refractivity contribution in [2.75, 3.05) is 13.1 Å². The fraction of sp³-hybridized carbons (Fsp3) is 1.00. The third kappa shape index (κ3) is 4.50. The molecule has 1 aliphatic carbocycles. The van der Waals surface area contributed by atoms with Crippen LogP contribution in [0, 0.1) is 11.8 Å². The summed E-state index contributed by atoms with van der Waals surface area (Å²) in [6.07, 6.45) is 2.42. The van der Waals surface area contributed by atoms with Gasteiger partial charge in [-0.15, -0.1) is 4.13 Å². The van der Waals surface area contributed by atoms with Crippen LogP contribution in [-0.4, -0.2) is 60.4 Å². The Kier molecular flexibility index (Phi) is 7.35. The van der Waals surface area contributed by atoms with E-state index in [-0.39, 0.29) is 20.8 Å². The van der Waals surface area contributed by atoms with Gasteiger partial charge in [0, 0.05) is 13.1 Å². The molecular weight excluding hydrogens is 531 g/mol. The lowest BCUT2D eigenvalue weighted by molar-refractivity contribution is -0.243. The van der Waals surface area contributed by atoms with Gasteiger partial charge in [0.05, 0.1) is 0 Å². The minimum Gasteiger partial charge on any atom is -0.235 e. The molecule has 1 saturated carbocycles. The monoisotopic (exact) mass is 548 g/mol. The molecule has 0 bridgehead atoms. The quantitative estimate of drug-likeness (QED) is 0.494. The highest BCUT2D eigenvalue weighted by Gasteiger charge is 2.81. The number of sulfonamides is 2. The maximum atomic E-state index is 14.3. The largest absolute Gasteiger partial charge is 0.512 e. The van der Waals surface area contributed by atoms with Crippen molar-refractivity contribution in [1.29, 1.82) is 0 Å². The Labute approximate surface area is 179 Å². The first-order chi connectivity index (χ1) is 14.2. The Morgan fingerprint density at radius 3 is 1.81 bits per heavy atom. The minimum absolute atomic E-state index is 0.000741. The Hall–Kier alpha value is -0.660. The van der Waals surface area contributed by atoms with Crippen molar-refractivity contribution in [3.05, 3.63) is 0 Å². The average molecular weight is 548 g/mol. The van der Waals surface area contributed by atoms with Crippen LogP contribution in [0.2, 0.25) is 0 Å². The first-order valence-corrected chi connectivity index (χ1v) is 12.9. The molecule has 0 aromatic rings. The lowest BCUT2D eigenvalue weighted by Crippen LogP contribution is -2.64. The Bertz CT molecular complexity index is 953. The number of piperidine rings is 1. The number of alkyl halides is 9. The van der Waals surface area contributed by atoms with Crippen LogP contribution in [-0.2, 0) is 31.0 Å². The summed E-state index contributed by atoms with van der Waals surface area (Å²) < 4.78 is 178. The molecule has 0 spiro atoms. The van der Waals surface area contributed by atoms with E-state index in [0.717, 1.165) is 6.42 Å². The van der Waals surface area contributed by atoms with E-state index >= 15 is 0 Å². The van der Waals surface area contributed by atoms with Crippen molar-refractivity contribution < 1.29 is 60.6 Å². The number of hydrogen-bond donors (Lipinski definition) is 1. The molecule has 32 heavy (non-hydrogen) atoms. The normalized spacial score (nSPS) is 25.9. The van der Waals surface area contributed by atoms with E-state index in [1.165, 1.54) is 0 Å². The van der Waals surface area contributed by atoms with Crippen molar-refractivity contribution in [2.24, 2.45) is 11.8 Å². The summed E-state index contributed by atoms with van der Waals surface area (Å²) in [5.74, 6) is -7.61. The molecule has 2 aliphatic rings. The Balaban J connectivity index is 2.34. The van der Waals surface area contributed by atoms with E-state index in [1.807, 2.05) is 0 Å². The molecule has 3 atom stereocenters. The predicted molar refractivity (Wildman–Crippen MR) is 91.7 cm³/mol. The summed E-state index contributed by atoms with van der Waals surface area (Å²) in [7, 11) is -18.8. The molecule has 1 heterocycles. The minimum atomic E-state index is -7.05. The van der Waals surface area contributed by atoms with Crippen molar-refractivity contribution in [3.8, 4) is 0 Å². The highest BCUT2D eigenvalue weighted by atomic mass is 32.3. The molecule has 3 unspecified atom stereocenters. The predicted octanol–water partition coefficient (Wildman–Crippen LogP) is 2.75. The van der Waals surface area contributed by atoms with Crippen molar-refractivity contribution in [2.45, 2.75) is 54.0 Å². The zero-order chi connectivity index (χ0) is 25.0.